The fourth-order valence-electron chi connectivity index (χ4n) is 3.31. The van der Waals surface area contributed by atoms with E-state index in [1.807, 2.05) is 19.1 Å². The molecule has 1 aliphatic heterocycles. The van der Waals surface area contributed by atoms with Crippen LogP contribution in [-0.4, -0.2) is 88.5 Å². The first-order valence-electron chi connectivity index (χ1n) is 10.00. The summed E-state index contributed by atoms with van der Waals surface area (Å²) < 4.78 is 42.4. The van der Waals surface area contributed by atoms with Gasteiger partial charge in [0.25, 0.3) is 0 Å². The zero-order chi connectivity index (χ0) is 21.3. The Morgan fingerprint density at radius 1 is 1.17 bits per heavy atom. The van der Waals surface area contributed by atoms with Gasteiger partial charge in [-0.05, 0) is 51.2 Å². The van der Waals surface area contributed by atoms with E-state index < -0.39 is 12.7 Å². The average Bonchev–Trinajstić information content (AvgIpc) is 2.69. The van der Waals surface area contributed by atoms with Crippen molar-refractivity contribution in [1.82, 2.24) is 15.1 Å². The van der Waals surface area contributed by atoms with Gasteiger partial charge in [0.05, 0.1) is 13.7 Å². The number of guanidine groups is 1. The quantitative estimate of drug-likeness (QED) is 0.402. The summed E-state index contributed by atoms with van der Waals surface area (Å²) in [5.41, 5.74) is 1.17. The number of hydrogen-bond donors (Lipinski definition) is 1. The summed E-state index contributed by atoms with van der Waals surface area (Å²) in [5.74, 6) is 1.68. The molecule has 0 bridgehead atoms. The fraction of sp³-hybridized carbons (Fsp3) is 0.650. The first-order chi connectivity index (χ1) is 13.8. The first-order valence-corrected chi connectivity index (χ1v) is 10.00. The lowest BCUT2D eigenvalue weighted by atomic mass is 10.2. The third kappa shape index (κ3) is 8.00. The molecule has 0 aliphatic carbocycles. The van der Waals surface area contributed by atoms with Crippen molar-refractivity contribution in [2.45, 2.75) is 19.5 Å². The zero-order valence-electron chi connectivity index (χ0n) is 17.5. The topological polar surface area (TPSA) is 43.3 Å². The number of hydrogen-bond acceptors (Lipinski definition) is 4. The second-order valence-electron chi connectivity index (χ2n) is 7.11. The highest BCUT2D eigenvalue weighted by Crippen LogP contribution is 2.20. The number of anilines is 1. The number of piperazine rings is 1. The van der Waals surface area contributed by atoms with E-state index in [-0.39, 0.29) is 0 Å². The van der Waals surface area contributed by atoms with Crippen LogP contribution in [0.15, 0.2) is 29.3 Å². The van der Waals surface area contributed by atoms with Gasteiger partial charge in [-0.1, -0.05) is 0 Å². The van der Waals surface area contributed by atoms with Gasteiger partial charge in [-0.3, -0.25) is 9.89 Å². The summed E-state index contributed by atoms with van der Waals surface area (Å²) in [5, 5.41) is 3.30. The summed E-state index contributed by atoms with van der Waals surface area (Å²) in [6, 6.07) is 8.04. The molecule has 1 N–H and O–H groups in total. The van der Waals surface area contributed by atoms with Gasteiger partial charge in [0.1, 0.15) is 5.75 Å². The van der Waals surface area contributed by atoms with Crippen LogP contribution in [0.4, 0.5) is 18.9 Å². The number of methoxy groups -OCH3 is 1. The third-order valence-electron chi connectivity index (χ3n) is 4.76. The molecule has 2 rings (SSSR count). The molecule has 6 nitrogen and oxygen atoms in total. The van der Waals surface area contributed by atoms with Crippen molar-refractivity contribution in [2.24, 2.45) is 4.99 Å². The molecular formula is C20H32F3N5O. The predicted octanol–water partition coefficient (Wildman–Crippen LogP) is 2.67. The minimum Gasteiger partial charge on any atom is -0.497 e. The molecule has 1 saturated heterocycles. The molecule has 0 atom stereocenters. The number of halogens is 3. The molecule has 1 aromatic rings. The van der Waals surface area contributed by atoms with Crippen molar-refractivity contribution in [3.05, 3.63) is 24.3 Å². The number of nitrogens with zero attached hydrogens (tertiary/aromatic N) is 4. The SMILES string of the molecule is CCNC(=NCCCN(C)CC(F)(F)F)N1CCN(c2ccc(OC)cc2)CC1. The van der Waals surface area contributed by atoms with Crippen LogP contribution in [0.2, 0.25) is 0 Å². The summed E-state index contributed by atoms with van der Waals surface area (Å²) in [4.78, 5) is 10.4. The van der Waals surface area contributed by atoms with Gasteiger partial charge in [-0.2, -0.15) is 13.2 Å². The number of alkyl halides is 3. The summed E-state index contributed by atoms with van der Waals surface area (Å²) in [6.45, 7) is 6.19. The van der Waals surface area contributed by atoms with Gasteiger partial charge in [0.15, 0.2) is 5.96 Å². The van der Waals surface area contributed by atoms with Crippen LogP contribution in [0, 0.1) is 0 Å². The standard InChI is InChI=1S/C20H32F3N5O/c1-4-24-19(25-10-5-11-26(2)16-20(21,22)23)28-14-12-27(13-15-28)17-6-8-18(29-3)9-7-17/h6-9H,4-5,10-16H2,1-3H3,(H,24,25). The fourth-order valence-corrected chi connectivity index (χ4v) is 3.31. The first kappa shape index (κ1) is 23.1. The van der Waals surface area contributed by atoms with Crippen molar-refractivity contribution in [1.29, 1.82) is 0 Å². The Morgan fingerprint density at radius 3 is 2.38 bits per heavy atom. The Kier molecular flexibility index (Phi) is 8.88. The molecule has 0 saturated carbocycles. The minimum atomic E-state index is -4.16. The lowest BCUT2D eigenvalue weighted by molar-refractivity contribution is -0.143. The number of rotatable bonds is 8. The van der Waals surface area contributed by atoms with E-state index in [2.05, 4.69) is 32.2 Å². The van der Waals surface area contributed by atoms with E-state index in [4.69, 9.17) is 4.74 Å². The highest BCUT2D eigenvalue weighted by Gasteiger charge is 2.28. The maximum atomic E-state index is 12.4. The van der Waals surface area contributed by atoms with Crippen LogP contribution in [0.3, 0.4) is 0 Å². The van der Waals surface area contributed by atoms with Crippen LogP contribution >= 0.6 is 0 Å². The van der Waals surface area contributed by atoms with E-state index in [0.717, 1.165) is 44.4 Å². The lowest BCUT2D eigenvalue weighted by Crippen LogP contribution is -2.52. The molecule has 1 aromatic carbocycles. The Balaban J connectivity index is 1.82. The number of nitrogens with one attached hydrogen (secondary N) is 1. The Labute approximate surface area is 171 Å². The van der Waals surface area contributed by atoms with Crippen molar-refractivity contribution < 1.29 is 17.9 Å². The Hall–Kier alpha value is -2.16. The molecular weight excluding hydrogens is 383 g/mol. The van der Waals surface area contributed by atoms with Crippen LogP contribution in [0.25, 0.3) is 0 Å². The molecule has 0 spiro atoms. The smallest absolute Gasteiger partial charge is 0.401 e. The van der Waals surface area contributed by atoms with Crippen molar-refractivity contribution in [2.75, 3.05) is 71.4 Å². The number of benzene rings is 1. The highest BCUT2D eigenvalue weighted by atomic mass is 19.4. The van der Waals surface area contributed by atoms with Gasteiger partial charge >= 0.3 is 6.18 Å². The highest BCUT2D eigenvalue weighted by molar-refractivity contribution is 5.80. The Bertz CT molecular complexity index is 628. The Morgan fingerprint density at radius 2 is 1.83 bits per heavy atom. The molecule has 0 unspecified atom stereocenters. The molecule has 1 fully saturated rings. The second kappa shape index (κ2) is 11.1. The van der Waals surface area contributed by atoms with Crippen molar-refractivity contribution in [3.63, 3.8) is 0 Å². The van der Waals surface area contributed by atoms with Gasteiger partial charge in [0, 0.05) is 45.0 Å². The van der Waals surface area contributed by atoms with Gasteiger partial charge in [-0.25, -0.2) is 0 Å². The molecule has 0 amide bonds. The number of aliphatic imine (C=N–C) groups is 1. The molecule has 29 heavy (non-hydrogen) atoms. The van der Waals surface area contributed by atoms with Crippen LogP contribution < -0.4 is 15.0 Å². The normalized spacial score (nSPS) is 15.8. The van der Waals surface area contributed by atoms with Gasteiger partial charge in [0.2, 0.25) is 0 Å². The number of ether oxygens (including phenoxy) is 1. The summed E-state index contributed by atoms with van der Waals surface area (Å²) in [7, 11) is 3.14. The third-order valence-corrected chi connectivity index (χ3v) is 4.76. The van der Waals surface area contributed by atoms with E-state index in [1.165, 1.54) is 17.6 Å². The van der Waals surface area contributed by atoms with E-state index >= 15 is 0 Å². The van der Waals surface area contributed by atoms with Crippen molar-refractivity contribution in [3.8, 4) is 5.75 Å². The molecule has 9 heteroatoms. The molecule has 1 aliphatic rings. The average molecular weight is 416 g/mol. The maximum Gasteiger partial charge on any atom is 0.401 e. The summed E-state index contributed by atoms with van der Waals surface area (Å²) >= 11 is 0. The minimum absolute atomic E-state index is 0.369. The zero-order valence-corrected chi connectivity index (χ0v) is 17.5. The molecule has 0 radical (unpaired) electrons. The van der Waals surface area contributed by atoms with E-state index in [9.17, 15) is 13.2 Å². The van der Waals surface area contributed by atoms with Crippen molar-refractivity contribution >= 4 is 11.6 Å². The lowest BCUT2D eigenvalue weighted by Gasteiger charge is -2.37. The van der Waals surface area contributed by atoms with Crippen LogP contribution in [-0.2, 0) is 0 Å². The van der Waals surface area contributed by atoms with E-state index in [0.29, 0.717) is 19.5 Å². The van der Waals surface area contributed by atoms with Crippen LogP contribution in [0.1, 0.15) is 13.3 Å². The van der Waals surface area contributed by atoms with E-state index in [1.54, 1.807) is 7.11 Å². The van der Waals surface area contributed by atoms with Gasteiger partial charge in [-0.15, -0.1) is 0 Å². The molecule has 1 heterocycles. The second-order valence-corrected chi connectivity index (χ2v) is 7.11. The van der Waals surface area contributed by atoms with Crippen LogP contribution in [0.5, 0.6) is 5.75 Å². The summed E-state index contributed by atoms with van der Waals surface area (Å²) in [6.07, 6.45) is -3.57. The monoisotopic (exact) mass is 415 g/mol. The maximum absolute atomic E-state index is 12.4. The molecule has 164 valence electrons. The molecule has 0 aromatic heterocycles. The predicted molar refractivity (Wildman–Crippen MR) is 111 cm³/mol. The largest absolute Gasteiger partial charge is 0.497 e. The van der Waals surface area contributed by atoms with Gasteiger partial charge < -0.3 is 19.9 Å².